The largest absolute Gasteiger partial charge is 1.00 e. The van der Waals surface area contributed by atoms with Gasteiger partial charge in [-0.25, -0.2) is 14.6 Å². The van der Waals surface area contributed by atoms with E-state index in [4.69, 9.17) is 39.7 Å². The van der Waals surface area contributed by atoms with Crippen LogP contribution in [-0.4, -0.2) is 97.0 Å². The van der Waals surface area contributed by atoms with Crippen molar-refractivity contribution in [2.45, 2.75) is 30.1 Å². The Kier molecular flexibility index (Phi) is 24.9. The van der Waals surface area contributed by atoms with Crippen LogP contribution < -0.4 is 159 Å². The van der Waals surface area contributed by atoms with E-state index in [1.165, 1.54) is 80.3 Å². The molecule has 2 aliphatic heterocycles. The van der Waals surface area contributed by atoms with Crippen LogP contribution >= 0.6 is 15.2 Å². The molecule has 0 bridgehead atoms. The molecule has 2 unspecified atom stereocenters. The van der Waals surface area contributed by atoms with Gasteiger partial charge in [0.15, 0.2) is 24.4 Å². The molecule has 31 heteroatoms. The number of aromatic amines is 1. The number of rotatable bonds is 11. The molecule has 4 aromatic carbocycles. The van der Waals surface area contributed by atoms with E-state index in [2.05, 4.69) is 19.9 Å². The van der Waals surface area contributed by atoms with Gasteiger partial charge in [0.05, 0.1) is 25.6 Å². The van der Waals surface area contributed by atoms with Crippen LogP contribution in [0.3, 0.4) is 0 Å². The fraction of sp³-hybridized carbons (Fsp3) is 0.208. The molecule has 5 heterocycles. The summed E-state index contributed by atoms with van der Waals surface area (Å²) in [6.45, 7) is 0.487. The van der Waals surface area contributed by atoms with Crippen LogP contribution in [-0.2, 0) is 37.2 Å². The summed E-state index contributed by atoms with van der Waals surface area (Å²) in [5.41, 5.74) is 7.13. The van der Waals surface area contributed by atoms with Gasteiger partial charge in [-0.05, 0) is 59.9 Å². The summed E-state index contributed by atoms with van der Waals surface area (Å²) in [6, 6.07) is 22.9. The third-order valence-electron chi connectivity index (χ3n) is 12.2. The second-order valence-electron chi connectivity index (χ2n) is 17.1. The molecule has 3 aromatic heterocycles. The number of carbonyl (C=O) groups is 2. The molecule has 4 atom stereocenters. The number of aromatic nitrogens is 5. The molecule has 3 aliphatic rings. The van der Waals surface area contributed by atoms with Gasteiger partial charge in [-0.15, -0.1) is 11.5 Å². The van der Waals surface area contributed by atoms with Gasteiger partial charge in [0.25, 0.3) is 5.56 Å². The van der Waals surface area contributed by atoms with E-state index in [0.717, 1.165) is 18.7 Å². The average Bonchev–Trinajstić information content (AvgIpc) is 4.09. The Morgan fingerprint density at radius 3 is 2.09 bits per heavy atom. The van der Waals surface area contributed by atoms with Crippen molar-refractivity contribution in [3.05, 3.63) is 160 Å². The topological polar surface area (TPSA) is 432 Å². The predicted molar refractivity (Wildman–Crippen MR) is 255 cm³/mol. The number of aliphatic hydroxyl groups excluding tert-OH is 2. The van der Waals surface area contributed by atoms with Crippen LogP contribution in [0, 0.1) is 11.3 Å². The summed E-state index contributed by atoms with van der Waals surface area (Å²) in [6.07, 6.45) is 6.17. The number of H-pyrrole nitrogens is 1. The van der Waals surface area contributed by atoms with Crippen molar-refractivity contribution in [2.24, 2.45) is 11.3 Å². The van der Waals surface area contributed by atoms with Gasteiger partial charge in [0.1, 0.15) is 17.2 Å². The first-order valence-corrected chi connectivity index (χ1v) is 25.1. The van der Waals surface area contributed by atoms with Crippen LogP contribution in [0.1, 0.15) is 44.6 Å². The standard InChI is InChI=1S/C20H12O5.C11H15N5O3.C10H10O4.C7H11NO7P2.4Na/c21-11-5-7-15-17(9-11)24-18-10-12(22)6-8-16(18)20(15)14-4-2-1-3-13(14)19(23)25-20;12-10-14-8-7(9(19)15-10)13-5-16(8)3-11(4-18)1-6(11)2-17;1-14-9-6-7(2-4-8(9)11)3-5-10(12)13;9-7(16(10,11)12,17(13,14)15)4-6-2-1-3-8-5-6;;;;/h1-10,21-22H;5-6,17-18H,1-4H2,(H3,12,14,15,19);2-6,11H,1H3,(H,12,13);1-3,5,9H,4H2,(H2,10,11,12)(H2,13,14,15);;;;/q;;;;4*+1/p-4/b;;5-3+;;;;;/t;6-,11-;;;;;;/m.0....../s1. The molecule has 0 radical (unpaired) electrons. The zero-order chi connectivity index (χ0) is 54.7. The number of anilines is 1. The van der Waals surface area contributed by atoms with E-state index in [1.807, 2.05) is 12.1 Å². The smallest absolute Gasteiger partial charge is 0.872 e. The van der Waals surface area contributed by atoms with Gasteiger partial charge in [0, 0.05) is 60.1 Å². The number of nitrogens with two attached hydrogens (primary N) is 1. The van der Waals surface area contributed by atoms with Crippen LogP contribution in [0.4, 0.5) is 5.95 Å². The summed E-state index contributed by atoms with van der Waals surface area (Å²) in [4.78, 5) is 85.8. The van der Waals surface area contributed by atoms with E-state index < -0.39 is 44.2 Å². The number of hydrogen-bond acceptors (Lipinski definition) is 19. The molecule has 10 rings (SSSR count). The number of carbonyl (C=O) groups excluding carboxylic acids is 1. The number of carboxylic acids is 1. The molecule has 0 amide bonds. The minimum absolute atomic E-state index is 0. The van der Waals surface area contributed by atoms with Crippen molar-refractivity contribution in [3.63, 3.8) is 0 Å². The second-order valence-corrected chi connectivity index (χ2v) is 21.1. The van der Waals surface area contributed by atoms with Gasteiger partial charge in [0.2, 0.25) is 11.0 Å². The van der Waals surface area contributed by atoms with Gasteiger partial charge >= 0.3 is 138 Å². The maximum absolute atomic E-state index is 12.5. The maximum Gasteiger partial charge on any atom is 1.00 e. The first-order chi connectivity index (χ1) is 35.4. The summed E-state index contributed by atoms with van der Waals surface area (Å²) < 4.78 is 40.1. The fourth-order valence-electron chi connectivity index (χ4n) is 8.29. The number of esters is 1. The number of imidazole rings is 1. The van der Waals surface area contributed by atoms with Gasteiger partial charge in [-0.2, -0.15) is 4.98 Å². The SMILES string of the molecule is COc1cc(/C=C/C(=O)O)ccc1[O-].Nc1nc2c(ncn2C[C@]2(CO)C[C@H]2CO)c(=O)[nH]1.O=C1OC2(c3ccc([O-])cc3Oc3cc([O-])ccc32)c2ccccc21.O=P([O-])(O)C(O)(Cc1cccnc1)P(=O)(O)O.[Na+].[Na+].[Na+].[Na+]. The zero-order valence-corrected chi connectivity index (χ0v) is 52.7. The molecule has 7 aromatic rings. The molecule has 10 N–H and O–H groups in total. The van der Waals surface area contributed by atoms with Gasteiger partial charge in [-0.3, -0.25) is 19.3 Å². The van der Waals surface area contributed by atoms with E-state index in [9.17, 15) is 59.0 Å². The summed E-state index contributed by atoms with van der Waals surface area (Å²) >= 11 is 0. The number of methoxy groups -OCH3 is 1. The number of aliphatic carboxylic acids is 1. The molecule has 1 fully saturated rings. The Morgan fingerprint density at radius 1 is 0.924 bits per heavy atom. The fourth-order valence-corrected chi connectivity index (χ4v) is 10.4. The average molecular weight is 1160 g/mol. The number of nitrogens with zero attached hydrogens (tertiary/aromatic N) is 4. The first-order valence-electron chi connectivity index (χ1n) is 21.9. The van der Waals surface area contributed by atoms with Crippen molar-refractivity contribution in [2.75, 3.05) is 26.1 Å². The minimum Gasteiger partial charge on any atom is -0.872 e. The summed E-state index contributed by atoms with van der Waals surface area (Å²) in [5.74, 6) is -1.27. The molecular formula is C48H44N6Na4O19P2. The summed E-state index contributed by atoms with van der Waals surface area (Å²) in [7, 11) is -9.74. The number of pyridine rings is 1. The predicted octanol–water partition coefficient (Wildman–Crippen LogP) is -11.0. The number of hydrogen-bond donors (Lipinski definition) is 9. The number of nitrogens with one attached hydrogen (secondary N) is 1. The molecule has 1 spiro atoms. The van der Waals surface area contributed by atoms with Crippen molar-refractivity contribution in [3.8, 4) is 34.5 Å². The van der Waals surface area contributed by atoms with Crippen molar-refractivity contribution < 1.29 is 206 Å². The number of carboxylic acid groups (broad SMARTS) is 1. The Morgan fingerprint density at radius 2 is 1.56 bits per heavy atom. The van der Waals surface area contributed by atoms with Crippen molar-refractivity contribution >= 4 is 50.3 Å². The minimum atomic E-state index is -5.66. The second kappa shape index (κ2) is 28.3. The van der Waals surface area contributed by atoms with E-state index in [0.29, 0.717) is 40.0 Å². The Labute approximate surface area is 537 Å². The maximum atomic E-state index is 12.5. The van der Waals surface area contributed by atoms with E-state index >= 15 is 0 Å². The quantitative estimate of drug-likeness (QED) is 0.0251. The monoisotopic (exact) mass is 1160 g/mol. The van der Waals surface area contributed by atoms with Gasteiger partial charge < -0.3 is 84.4 Å². The van der Waals surface area contributed by atoms with Crippen molar-refractivity contribution in [1.82, 2.24) is 24.5 Å². The molecule has 1 aliphatic carbocycles. The molecule has 79 heavy (non-hydrogen) atoms. The normalized spacial score (nSPS) is 17.2. The molecule has 394 valence electrons. The van der Waals surface area contributed by atoms with Crippen LogP contribution in [0.15, 0.2) is 121 Å². The first kappa shape index (κ1) is 69.3. The number of ether oxygens (including phenoxy) is 3. The Balaban J connectivity index is 0.000000279. The van der Waals surface area contributed by atoms with Crippen LogP contribution in [0.2, 0.25) is 0 Å². The van der Waals surface area contributed by atoms with E-state index in [1.54, 1.807) is 28.8 Å². The van der Waals surface area contributed by atoms with Gasteiger partial charge in [-0.1, -0.05) is 66.4 Å². The number of nitrogen functional groups attached to an aromatic ring is 1. The summed E-state index contributed by atoms with van der Waals surface area (Å²) in [5, 5.41) is 67.7. The molecular weight excluding hydrogens is 1120 g/mol. The van der Waals surface area contributed by atoms with Crippen LogP contribution in [0.25, 0.3) is 17.2 Å². The number of aliphatic hydroxyl groups is 3. The third-order valence-corrected chi connectivity index (χ3v) is 15.9. The van der Waals surface area contributed by atoms with Crippen molar-refractivity contribution in [1.29, 1.82) is 0 Å². The number of fused-ring (bicyclic) bond motifs is 7. The van der Waals surface area contributed by atoms with Crippen LogP contribution in [0.5, 0.6) is 34.5 Å². The Bertz CT molecular complexity index is 3420. The third kappa shape index (κ3) is 15.2. The molecule has 25 nitrogen and oxygen atoms in total. The number of benzene rings is 4. The molecule has 1 saturated carbocycles. The Hall–Kier alpha value is -3.96. The van der Waals surface area contributed by atoms with E-state index in [-0.39, 0.29) is 200 Å². The molecule has 0 saturated heterocycles. The zero-order valence-electron chi connectivity index (χ0n) is 42.9.